The summed E-state index contributed by atoms with van der Waals surface area (Å²) in [6.07, 6.45) is 4.90. The largest absolute Gasteiger partial charge is 0.465 e. The number of esters is 1. The molecule has 0 aromatic carbocycles. The van der Waals surface area contributed by atoms with Crippen molar-refractivity contribution in [3.8, 4) is 0 Å². The van der Waals surface area contributed by atoms with E-state index in [1.165, 1.54) is 19.3 Å². The molecule has 0 radical (unpaired) electrons. The molecular formula is C14H25N3O3. The number of carbonyl (C=O) groups excluding carboxylic acids is 2. The second-order valence-electron chi connectivity index (χ2n) is 5.45. The summed E-state index contributed by atoms with van der Waals surface area (Å²) in [5.74, 6) is -0.382. The lowest BCUT2D eigenvalue weighted by molar-refractivity contribution is -0.141. The smallest absolute Gasteiger partial charge is 0.325 e. The molecule has 0 aromatic heterocycles. The van der Waals surface area contributed by atoms with Crippen molar-refractivity contribution in [1.82, 2.24) is 15.1 Å². The predicted octanol–water partition coefficient (Wildman–Crippen LogP) is 0.819. The monoisotopic (exact) mass is 283 g/mol. The van der Waals surface area contributed by atoms with Crippen molar-refractivity contribution in [2.45, 2.75) is 38.6 Å². The molecule has 0 saturated carbocycles. The van der Waals surface area contributed by atoms with Gasteiger partial charge in [0.2, 0.25) is 0 Å². The highest BCUT2D eigenvalue weighted by molar-refractivity contribution is 5.81. The van der Waals surface area contributed by atoms with Gasteiger partial charge in [-0.15, -0.1) is 0 Å². The number of carbonyl (C=O) groups is 2. The van der Waals surface area contributed by atoms with Crippen LogP contribution >= 0.6 is 0 Å². The number of ether oxygens (including phenoxy) is 1. The van der Waals surface area contributed by atoms with Gasteiger partial charge in [0.15, 0.2) is 0 Å². The lowest BCUT2D eigenvalue weighted by Gasteiger charge is -2.32. The highest BCUT2D eigenvalue weighted by Crippen LogP contribution is 2.20. The average Bonchev–Trinajstić information content (AvgIpc) is 2.96. The van der Waals surface area contributed by atoms with E-state index in [-0.39, 0.29) is 18.5 Å². The van der Waals surface area contributed by atoms with Crippen LogP contribution in [-0.4, -0.2) is 67.2 Å². The van der Waals surface area contributed by atoms with Crippen molar-refractivity contribution in [2.75, 3.05) is 39.3 Å². The van der Waals surface area contributed by atoms with Crippen LogP contribution in [0.15, 0.2) is 0 Å². The molecule has 0 bridgehead atoms. The molecule has 20 heavy (non-hydrogen) atoms. The first-order chi connectivity index (χ1) is 9.70. The summed E-state index contributed by atoms with van der Waals surface area (Å²) >= 11 is 0. The molecule has 2 aliphatic heterocycles. The number of piperidine rings is 1. The van der Waals surface area contributed by atoms with Crippen molar-refractivity contribution in [3.63, 3.8) is 0 Å². The molecule has 2 rings (SSSR count). The van der Waals surface area contributed by atoms with Crippen LogP contribution in [0.25, 0.3) is 0 Å². The fraction of sp³-hybridized carbons (Fsp3) is 0.857. The maximum atomic E-state index is 12.0. The number of hydrogen-bond donors (Lipinski definition) is 1. The molecule has 6 heteroatoms. The first-order valence-electron chi connectivity index (χ1n) is 7.63. The summed E-state index contributed by atoms with van der Waals surface area (Å²) in [4.78, 5) is 27.5. The van der Waals surface area contributed by atoms with Crippen molar-refractivity contribution in [1.29, 1.82) is 0 Å². The standard InChI is InChI=1S/C14H25N3O3/c1-2-20-13(18)10-15-14(19)17-9-6-12(11-17)16-7-4-3-5-8-16/h12H,2-11H2,1H3,(H,15,19). The van der Waals surface area contributed by atoms with E-state index in [1.807, 2.05) is 0 Å². The van der Waals surface area contributed by atoms with Crippen molar-refractivity contribution >= 4 is 12.0 Å². The minimum Gasteiger partial charge on any atom is -0.465 e. The van der Waals surface area contributed by atoms with Crippen molar-refractivity contribution in [3.05, 3.63) is 0 Å². The number of nitrogens with one attached hydrogen (secondary N) is 1. The second-order valence-corrected chi connectivity index (χ2v) is 5.45. The van der Waals surface area contributed by atoms with Gasteiger partial charge in [-0.1, -0.05) is 6.42 Å². The third-order valence-electron chi connectivity index (χ3n) is 4.05. The number of likely N-dealkylation sites (tertiary alicyclic amines) is 2. The Balaban J connectivity index is 1.71. The van der Waals surface area contributed by atoms with Gasteiger partial charge in [-0.3, -0.25) is 9.69 Å². The van der Waals surface area contributed by atoms with E-state index in [2.05, 4.69) is 10.2 Å². The zero-order chi connectivity index (χ0) is 14.4. The third kappa shape index (κ3) is 4.10. The first kappa shape index (κ1) is 15.1. The van der Waals surface area contributed by atoms with E-state index < -0.39 is 0 Å². The molecular weight excluding hydrogens is 258 g/mol. The highest BCUT2D eigenvalue weighted by Gasteiger charge is 2.30. The molecule has 0 aliphatic carbocycles. The average molecular weight is 283 g/mol. The predicted molar refractivity (Wildman–Crippen MR) is 75.4 cm³/mol. The Morgan fingerprint density at radius 1 is 1.20 bits per heavy atom. The number of urea groups is 1. The molecule has 2 saturated heterocycles. The van der Waals surface area contributed by atoms with Crippen LogP contribution in [0.2, 0.25) is 0 Å². The molecule has 2 fully saturated rings. The fourth-order valence-corrected chi connectivity index (χ4v) is 2.98. The Labute approximate surface area is 120 Å². The maximum absolute atomic E-state index is 12.0. The van der Waals surface area contributed by atoms with Crippen LogP contribution in [-0.2, 0) is 9.53 Å². The van der Waals surface area contributed by atoms with Crippen LogP contribution in [0, 0.1) is 0 Å². The van der Waals surface area contributed by atoms with E-state index in [0.717, 1.165) is 32.6 Å². The Morgan fingerprint density at radius 2 is 1.95 bits per heavy atom. The van der Waals surface area contributed by atoms with Gasteiger partial charge in [-0.05, 0) is 39.3 Å². The Hall–Kier alpha value is -1.30. The quantitative estimate of drug-likeness (QED) is 0.776. The van der Waals surface area contributed by atoms with Gasteiger partial charge in [0, 0.05) is 19.1 Å². The number of nitrogens with zero attached hydrogens (tertiary/aromatic N) is 2. The van der Waals surface area contributed by atoms with E-state index in [9.17, 15) is 9.59 Å². The fourth-order valence-electron chi connectivity index (χ4n) is 2.98. The van der Waals surface area contributed by atoms with Gasteiger partial charge < -0.3 is 15.0 Å². The van der Waals surface area contributed by atoms with Crippen LogP contribution in [0.3, 0.4) is 0 Å². The molecule has 114 valence electrons. The number of hydrogen-bond acceptors (Lipinski definition) is 4. The summed E-state index contributed by atoms with van der Waals surface area (Å²) in [5.41, 5.74) is 0. The van der Waals surface area contributed by atoms with Crippen LogP contribution in [0.5, 0.6) is 0 Å². The molecule has 0 spiro atoms. The van der Waals surface area contributed by atoms with Gasteiger partial charge in [0.1, 0.15) is 6.54 Å². The van der Waals surface area contributed by atoms with Gasteiger partial charge in [-0.2, -0.15) is 0 Å². The molecule has 1 atom stereocenters. The van der Waals surface area contributed by atoms with E-state index >= 15 is 0 Å². The SMILES string of the molecule is CCOC(=O)CNC(=O)N1CCC(N2CCCCC2)C1. The normalized spacial score (nSPS) is 23.6. The third-order valence-corrected chi connectivity index (χ3v) is 4.05. The summed E-state index contributed by atoms with van der Waals surface area (Å²) in [6.45, 7) is 5.91. The van der Waals surface area contributed by atoms with Crippen LogP contribution in [0.1, 0.15) is 32.6 Å². The summed E-state index contributed by atoms with van der Waals surface area (Å²) in [5, 5.41) is 2.63. The zero-order valence-corrected chi connectivity index (χ0v) is 12.3. The lowest BCUT2D eigenvalue weighted by Crippen LogP contribution is -2.44. The van der Waals surface area contributed by atoms with Crippen LogP contribution < -0.4 is 5.32 Å². The molecule has 1 unspecified atom stereocenters. The van der Waals surface area contributed by atoms with Gasteiger partial charge in [0.05, 0.1) is 6.61 Å². The van der Waals surface area contributed by atoms with Gasteiger partial charge >= 0.3 is 12.0 Å². The summed E-state index contributed by atoms with van der Waals surface area (Å²) < 4.78 is 4.79. The molecule has 0 aromatic rings. The summed E-state index contributed by atoms with van der Waals surface area (Å²) in [7, 11) is 0. The van der Waals surface area contributed by atoms with Crippen molar-refractivity contribution in [2.24, 2.45) is 0 Å². The first-order valence-corrected chi connectivity index (χ1v) is 7.63. The minimum atomic E-state index is -0.382. The Morgan fingerprint density at radius 3 is 2.65 bits per heavy atom. The topological polar surface area (TPSA) is 61.9 Å². The van der Waals surface area contributed by atoms with Gasteiger partial charge in [-0.25, -0.2) is 4.79 Å². The Kier molecular flexibility index (Phi) is 5.64. The van der Waals surface area contributed by atoms with E-state index in [0.29, 0.717) is 12.6 Å². The Bertz CT molecular complexity index is 343. The maximum Gasteiger partial charge on any atom is 0.325 e. The van der Waals surface area contributed by atoms with E-state index in [4.69, 9.17) is 4.74 Å². The van der Waals surface area contributed by atoms with Crippen LogP contribution in [0.4, 0.5) is 4.79 Å². The number of amides is 2. The number of rotatable bonds is 4. The lowest BCUT2D eigenvalue weighted by atomic mass is 10.1. The molecule has 2 aliphatic rings. The molecule has 2 heterocycles. The zero-order valence-electron chi connectivity index (χ0n) is 12.3. The van der Waals surface area contributed by atoms with Crippen molar-refractivity contribution < 1.29 is 14.3 Å². The van der Waals surface area contributed by atoms with Gasteiger partial charge in [0.25, 0.3) is 0 Å². The summed E-state index contributed by atoms with van der Waals surface area (Å²) in [6, 6.07) is 0.334. The highest BCUT2D eigenvalue weighted by atomic mass is 16.5. The van der Waals surface area contributed by atoms with E-state index in [1.54, 1.807) is 11.8 Å². The molecule has 1 N–H and O–H groups in total. The second kappa shape index (κ2) is 7.47. The molecule has 2 amide bonds. The minimum absolute atomic E-state index is 0.0441. The molecule has 6 nitrogen and oxygen atoms in total.